The standard InChI is InChI=1S/C12H18N4O2/c1-4-6-7(3)9-13-8-10(14-9)16(5-2)12(18)15-11(8)17/h7H,4-6H2,1-3H3,(H,13,14)(H,15,17,18). The van der Waals surface area contributed by atoms with Crippen LogP contribution in [0.1, 0.15) is 45.4 Å². The van der Waals surface area contributed by atoms with Crippen LogP contribution in [-0.2, 0) is 6.54 Å². The second kappa shape index (κ2) is 4.80. The number of imidazole rings is 1. The summed E-state index contributed by atoms with van der Waals surface area (Å²) in [5.74, 6) is 1.02. The minimum Gasteiger partial charge on any atom is -0.336 e. The molecule has 0 saturated heterocycles. The highest BCUT2D eigenvalue weighted by Gasteiger charge is 2.15. The second-order valence-electron chi connectivity index (χ2n) is 4.51. The van der Waals surface area contributed by atoms with Gasteiger partial charge in [-0.3, -0.25) is 14.3 Å². The van der Waals surface area contributed by atoms with Gasteiger partial charge in [0.15, 0.2) is 5.65 Å². The first-order valence-electron chi connectivity index (χ1n) is 6.31. The topological polar surface area (TPSA) is 83.5 Å². The maximum atomic E-state index is 11.7. The van der Waals surface area contributed by atoms with E-state index in [1.165, 1.54) is 4.57 Å². The van der Waals surface area contributed by atoms with Gasteiger partial charge in [-0.05, 0) is 13.3 Å². The average Bonchev–Trinajstić information content (AvgIpc) is 2.75. The quantitative estimate of drug-likeness (QED) is 0.858. The molecule has 1 unspecified atom stereocenters. The predicted molar refractivity (Wildman–Crippen MR) is 70.0 cm³/mol. The monoisotopic (exact) mass is 250 g/mol. The summed E-state index contributed by atoms with van der Waals surface area (Å²) in [4.78, 5) is 33.1. The van der Waals surface area contributed by atoms with E-state index in [0.29, 0.717) is 17.7 Å². The molecule has 98 valence electrons. The molecule has 0 aliphatic rings. The highest BCUT2D eigenvalue weighted by Crippen LogP contribution is 2.19. The van der Waals surface area contributed by atoms with Crippen LogP contribution in [0, 0.1) is 0 Å². The van der Waals surface area contributed by atoms with Crippen molar-refractivity contribution in [3.8, 4) is 0 Å². The predicted octanol–water partition coefficient (Wildman–Crippen LogP) is 1.34. The first-order chi connectivity index (χ1) is 8.58. The van der Waals surface area contributed by atoms with Crippen molar-refractivity contribution in [2.24, 2.45) is 0 Å². The third-order valence-electron chi connectivity index (χ3n) is 3.16. The second-order valence-corrected chi connectivity index (χ2v) is 4.51. The van der Waals surface area contributed by atoms with E-state index >= 15 is 0 Å². The Balaban J connectivity index is 2.67. The fraction of sp³-hybridized carbons (Fsp3) is 0.583. The molecule has 2 heterocycles. The number of rotatable bonds is 4. The largest absolute Gasteiger partial charge is 0.336 e. The Morgan fingerprint density at radius 3 is 2.61 bits per heavy atom. The number of fused-ring (bicyclic) bond motifs is 1. The van der Waals surface area contributed by atoms with Crippen LogP contribution in [0.2, 0.25) is 0 Å². The van der Waals surface area contributed by atoms with Crippen LogP contribution in [-0.4, -0.2) is 19.5 Å². The van der Waals surface area contributed by atoms with Gasteiger partial charge >= 0.3 is 5.69 Å². The van der Waals surface area contributed by atoms with Gasteiger partial charge in [0, 0.05) is 12.5 Å². The summed E-state index contributed by atoms with van der Waals surface area (Å²) < 4.78 is 1.47. The van der Waals surface area contributed by atoms with Crippen LogP contribution in [0.15, 0.2) is 9.59 Å². The Kier molecular flexibility index (Phi) is 3.36. The first kappa shape index (κ1) is 12.6. The Morgan fingerprint density at radius 2 is 2.00 bits per heavy atom. The Labute approximate surface area is 104 Å². The number of nitrogens with one attached hydrogen (secondary N) is 2. The molecule has 6 nitrogen and oxygen atoms in total. The Hall–Kier alpha value is -1.85. The van der Waals surface area contributed by atoms with Crippen LogP contribution in [0.3, 0.4) is 0 Å². The van der Waals surface area contributed by atoms with Crippen LogP contribution in [0.25, 0.3) is 11.2 Å². The van der Waals surface area contributed by atoms with E-state index in [1.807, 2.05) is 6.92 Å². The van der Waals surface area contributed by atoms with Crippen LogP contribution >= 0.6 is 0 Å². The fourth-order valence-electron chi connectivity index (χ4n) is 2.16. The van der Waals surface area contributed by atoms with Gasteiger partial charge in [-0.2, -0.15) is 0 Å². The molecule has 1 atom stereocenters. The highest BCUT2D eigenvalue weighted by molar-refractivity contribution is 5.69. The van der Waals surface area contributed by atoms with Crippen molar-refractivity contribution in [3.63, 3.8) is 0 Å². The number of H-pyrrole nitrogens is 2. The zero-order chi connectivity index (χ0) is 13.3. The number of aryl methyl sites for hydroxylation is 1. The summed E-state index contributed by atoms with van der Waals surface area (Å²) in [6.45, 7) is 6.50. The molecule has 2 aromatic heterocycles. The molecule has 0 aliphatic heterocycles. The maximum Gasteiger partial charge on any atom is 0.330 e. The number of aromatic nitrogens is 4. The van der Waals surface area contributed by atoms with Gasteiger partial charge in [0.05, 0.1) is 0 Å². The van der Waals surface area contributed by atoms with Crippen molar-refractivity contribution in [1.82, 2.24) is 19.5 Å². The Bertz CT molecular complexity index is 665. The first-order valence-corrected chi connectivity index (χ1v) is 6.31. The molecule has 2 rings (SSSR count). The molecule has 0 bridgehead atoms. The van der Waals surface area contributed by atoms with E-state index in [4.69, 9.17) is 0 Å². The molecule has 0 saturated carbocycles. The van der Waals surface area contributed by atoms with E-state index in [9.17, 15) is 9.59 Å². The summed E-state index contributed by atoms with van der Waals surface area (Å²) in [5.41, 5.74) is 0.0250. The molecule has 0 amide bonds. The number of hydrogen-bond donors (Lipinski definition) is 2. The smallest absolute Gasteiger partial charge is 0.330 e. The number of aromatic amines is 2. The summed E-state index contributed by atoms with van der Waals surface area (Å²) in [6.07, 6.45) is 2.04. The van der Waals surface area contributed by atoms with Crippen LogP contribution in [0.5, 0.6) is 0 Å². The molecule has 18 heavy (non-hydrogen) atoms. The zero-order valence-electron chi connectivity index (χ0n) is 10.9. The third kappa shape index (κ3) is 1.98. The van der Waals surface area contributed by atoms with Crippen LogP contribution in [0.4, 0.5) is 0 Å². The number of nitrogens with zero attached hydrogens (tertiary/aromatic N) is 2. The van der Waals surface area contributed by atoms with Crippen molar-refractivity contribution >= 4 is 11.2 Å². The molecular formula is C12H18N4O2. The SMILES string of the molecule is CCCC(C)c1nc2c([nH]1)c(=O)[nH]c(=O)n2CC. The summed E-state index contributed by atoms with van der Waals surface area (Å²) in [7, 11) is 0. The molecule has 0 fully saturated rings. The van der Waals surface area contributed by atoms with Crippen LogP contribution < -0.4 is 11.2 Å². The van der Waals surface area contributed by atoms with Gasteiger partial charge < -0.3 is 4.98 Å². The molecular weight excluding hydrogens is 232 g/mol. The van der Waals surface area contributed by atoms with E-state index in [-0.39, 0.29) is 5.92 Å². The van der Waals surface area contributed by atoms with E-state index < -0.39 is 11.2 Å². The highest BCUT2D eigenvalue weighted by atomic mass is 16.2. The molecule has 0 radical (unpaired) electrons. The van der Waals surface area contributed by atoms with E-state index in [0.717, 1.165) is 18.7 Å². The van der Waals surface area contributed by atoms with Gasteiger partial charge in [0.2, 0.25) is 0 Å². The van der Waals surface area contributed by atoms with Gasteiger partial charge in [0.1, 0.15) is 11.3 Å². The molecule has 2 N–H and O–H groups in total. The van der Waals surface area contributed by atoms with Gasteiger partial charge in [0.25, 0.3) is 5.56 Å². The van der Waals surface area contributed by atoms with Crippen molar-refractivity contribution in [3.05, 3.63) is 26.7 Å². The average molecular weight is 250 g/mol. The maximum absolute atomic E-state index is 11.7. The van der Waals surface area contributed by atoms with E-state index in [1.54, 1.807) is 0 Å². The molecule has 0 aliphatic carbocycles. The lowest BCUT2D eigenvalue weighted by atomic mass is 10.1. The van der Waals surface area contributed by atoms with E-state index in [2.05, 4.69) is 28.8 Å². The summed E-state index contributed by atoms with van der Waals surface area (Å²) in [5, 5.41) is 0. The van der Waals surface area contributed by atoms with Crippen molar-refractivity contribution in [1.29, 1.82) is 0 Å². The van der Waals surface area contributed by atoms with Crippen molar-refractivity contribution in [2.75, 3.05) is 0 Å². The summed E-state index contributed by atoms with van der Waals surface area (Å²) in [6, 6.07) is 0. The minimum atomic E-state index is -0.406. The van der Waals surface area contributed by atoms with Crippen molar-refractivity contribution < 1.29 is 0 Å². The molecule has 0 aromatic carbocycles. The van der Waals surface area contributed by atoms with Crippen molar-refractivity contribution in [2.45, 2.75) is 46.1 Å². The fourth-order valence-corrected chi connectivity index (χ4v) is 2.16. The number of hydrogen-bond acceptors (Lipinski definition) is 3. The Morgan fingerprint density at radius 1 is 1.28 bits per heavy atom. The lowest BCUT2D eigenvalue weighted by molar-refractivity contribution is 0.633. The summed E-state index contributed by atoms with van der Waals surface area (Å²) >= 11 is 0. The molecule has 0 spiro atoms. The van der Waals surface area contributed by atoms with Gasteiger partial charge in [-0.25, -0.2) is 9.78 Å². The minimum absolute atomic E-state index is 0.252. The molecule has 2 aromatic rings. The normalized spacial score (nSPS) is 13.1. The lowest BCUT2D eigenvalue weighted by Crippen LogP contribution is -2.29. The van der Waals surface area contributed by atoms with Gasteiger partial charge in [-0.1, -0.05) is 20.3 Å². The lowest BCUT2D eigenvalue weighted by Gasteiger charge is -2.04. The van der Waals surface area contributed by atoms with Gasteiger partial charge in [-0.15, -0.1) is 0 Å². The third-order valence-corrected chi connectivity index (χ3v) is 3.16. The zero-order valence-corrected chi connectivity index (χ0v) is 10.9. The molecule has 6 heteroatoms.